The second-order valence-corrected chi connectivity index (χ2v) is 6.44. The van der Waals surface area contributed by atoms with Crippen molar-refractivity contribution in [2.75, 3.05) is 13.7 Å². The monoisotopic (exact) mass is 285 g/mol. The Morgan fingerprint density at radius 2 is 2.11 bits per heavy atom. The number of ether oxygens (including phenoxy) is 1. The van der Waals surface area contributed by atoms with Gasteiger partial charge in [-0.3, -0.25) is 0 Å². The Kier molecular flexibility index (Phi) is 4.13. The summed E-state index contributed by atoms with van der Waals surface area (Å²) < 4.78 is 31.9. The lowest BCUT2D eigenvalue weighted by Crippen LogP contribution is -2.33. The van der Waals surface area contributed by atoms with Crippen LogP contribution >= 0.6 is 0 Å². The summed E-state index contributed by atoms with van der Waals surface area (Å²) in [4.78, 5) is 0.168. The van der Waals surface area contributed by atoms with E-state index < -0.39 is 10.0 Å². The van der Waals surface area contributed by atoms with Crippen molar-refractivity contribution in [1.29, 1.82) is 0 Å². The molecule has 0 saturated heterocycles. The average Bonchev–Trinajstić information content (AvgIpc) is 3.23. The van der Waals surface area contributed by atoms with E-state index in [4.69, 9.17) is 9.84 Å². The van der Waals surface area contributed by atoms with Crippen molar-refractivity contribution in [3.8, 4) is 5.75 Å². The predicted molar refractivity (Wildman–Crippen MR) is 71.5 cm³/mol. The first-order valence-electron chi connectivity index (χ1n) is 6.34. The van der Waals surface area contributed by atoms with Gasteiger partial charge in [0.15, 0.2) is 0 Å². The van der Waals surface area contributed by atoms with E-state index in [0.717, 1.165) is 12.8 Å². The maximum atomic E-state index is 12.6. The van der Waals surface area contributed by atoms with Crippen LogP contribution in [0.3, 0.4) is 0 Å². The molecule has 1 aliphatic carbocycles. The number of nitrogens with zero attached hydrogens (tertiary/aromatic N) is 1. The SMILES string of the molecule is CCN(C1CC1)S(=O)(=O)c1ccc(CO)cc1OC. The van der Waals surface area contributed by atoms with E-state index in [1.54, 1.807) is 12.1 Å². The first-order chi connectivity index (χ1) is 9.04. The van der Waals surface area contributed by atoms with E-state index in [0.29, 0.717) is 12.1 Å². The zero-order valence-corrected chi connectivity index (χ0v) is 12.0. The van der Waals surface area contributed by atoms with Gasteiger partial charge in [0, 0.05) is 12.6 Å². The molecule has 0 aliphatic heterocycles. The summed E-state index contributed by atoms with van der Waals surface area (Å²) >= 11 is 0. The lowest BCUT2D eigenvalue weighted by Gasteiger charge is -2.21. The van der Waals surface area contributed by atoms with Crippen molar-refractivity contribution in [3.05, 3.63) is 23.8 Å². The predicted octanol–water partition coefficient (Wildman–Crippen LogP) is 1.36. The van der Waals surface area contributed by atoms with E-state index in [2.05, 4.69) is 0 Å². The Hall–Kier alpha value is -1.11. The molecule has 2 rings (SSSR count). The van der Waals surface area contributed by atoms with E-state index >= 15 is 0 Å². The second kappa shape index (κ2) is 5.48. The Morgan fingerprint density at radius 3 is 2.58 bits per heavy atom. The van der Waals surface area contributed by atoms with Crippen LogP contribution in [0.25, 0.3) is 0 Å². The zero-order valence-electron chi connectivity index (χ0n) is 11.2. The van der Waals surface area contributed by atoms with Gasteiger partial charge in [-0.05, 0) is 30.5 Å². The first-order valence-corrected chi connectivity index (χ1v) is 7.78. The zero-order chi connectivity index (χ0) is 14.0. The van der Waals surface area contributed by atoms with Crippen LogP contribution in [0.2, 0.25) is 0 Å². The Labute approximate surface area is 113 Å². The molecule has 1 aromatic carbocycles. The molecule has 19 heavy (non-hydrogen) atoms. The van der Waals surface area contributed by atoms with Gasteiger partial charge in [0.05, 0.1) is 13.7 Å². The minimum absolute atomic E-state index is 0.122. The molecule has 0 bridgehead atoms. The summed E-state index contributed by atoms with van der Waals surface area (Å²) in [7, 11) is -2.10. The number of methoxy groups -OCH3 is 1. The fourth-order valence-electron chi connectivity index (χ4n) is 2.14. The van der Waals surface area contributed by atoms with Gasteiger partial charge in [0.1, 0.15) is 10.6 Å². The number of benzene rings is 1. The Bertz CT molecular complexity index is 552. The third-order valence-electron chi connectivity index (χ3n) is 3.26. The van der Waals surface area contributed by atoms with Crippen molar-refractivity contribution in [2.24, 2.45) is 0 Å². The first kappa shape index (κ1) is 14.3. The molecule has 1 saturated carbocycles. The summed E-state index contributed by atoms with van der Waals surface area (Å²) in [5.74, 6) is 0.283. The third-order valence-corrected chi connectivity index (χ3v) is 5.33. The van der Waals surface area contributed by atoms with Crippen LogP contribution in [0.15, 0.2) is 23.1 Å². The highest BCUT2D eigenvalue weighted by molar-refractivity contribution is 7.89. The van der Waals surface area contributed by atoms with Crippen molar-refractivity contribution in [2.45, 2.75) is 37.3 Å². The molecule has 0 heterocycles. The molecule has 0 unspecified atom stereocenters. The van der Waals surface area contributed by atoms with Gasteiger partial charge >= 0.3 is 0 Å². The maximum Gasteiger partial charge on any atom is 0.246 e. The molecular formula is C13H19NO4S. The summed E-state index contributed by atoms with van der Waals surface area (Å²) in [6, 6.07) is 4.80. The third kappa shape index (κ3) is 2.75. The quantitative estimate of drug-likeness (QED) is 0.857. The van der Waals surface area contributed by atoms with Gasteiger partial charge in [-0.1, -0.05) is 13.0 Å². The van der Waals surface area contributed by atoms with Gasteiger partial charge in [0.2, 0.25) is 10.0 Å². The largest absolute Gasteiger partial charge is 0.495 e. The summed E-state index contributed by atoms with van der Waals surface area (Å²) in [5, 5.41) is 9.09. The topological polar surface area (TPSA) is 66.8 Å². The van der Waals surface area contributed by atoms with E-state index in [9.17, 15) is 8.42 Å². The van der Waals surface area contributed by atoms with Gasteiger partial charge in [-0.15, -0.1) is 0 Å². The standard InChI is InChI=1S/C13H19NO4S/c1-3-14(11-5-6-11)19(16,17)13-7-4-10(9-15)8-12(13)18-2/h4,7-8,11,15H,3,5-6,9H2,1-2H3. The summed E-state index contributed by atoms with van der Waals surface area (Å²) in [6.45, 7) is 2.15. The highest BCUT2D eigenvalue weighted by Crippen LogP contribution is 2.35. The lowest BCUT2D eigenvalue weighted by molar-refractivity contribution is 0.280. The second-order valence-electron chi connectivity index (χ2n) is 4.58. The number of aliphatic hydroxyl groups is 1. The van der Waals surface area contributed by atoms with Crippen molar-refractivity contribution >= 4 is 10.0 Å². The molecule has 0 amide bonds. The smallest absolute Gasteiger partial charge is 0.246 e. The minimum Gasteiger partial charge on any atom is -0.495 e. The lowest BCUT2D eigenvalue weighted by atomic mass is 10.2. The molecule has 1 fully saturated rings. The molecular weight excluding hydrogens is 266 g/mol. The highest BCUT2D eigenvalue weighted by atomic mass is 32.2. The molecule has 1 aromatic rings. The average molecular weight is 285 g/mol. The Morgan fingerprint density at radius 1 is 1.42 bits per heavy atom. The molecule has 6 heteroatoms. The number of rotatable bonds is 6. The van der Waals surface area contributed by atoms with Crippen molar-refractivity contribution < 1.29 is 18.3 Å². The number of aliphatic hydroxyl groups excluding tert-OH is 1. The summed E-state index contributed by atoms with van der Waals surface area (Å²) in [6.07, 6.45) is 1.84. The fourth-order valence-corrected chi connectivity index (χ4v) is 3.97. The van der Waals surface area contributed by atoms with E-state index in [1.165, 1.54) is 17.5 Å². The number of hydrogen-bond donors (Lipinski definition) is 1. The molecule has 0 aromatic heterocycles. The number of sulfonamides is 1. The van der Waals surface area contributed by atoms with Crippen LogP contribution in [-0.4, -0.2) is 37.5 Å². The van der Waals surface area contributed by atoms with Gasteiger partial charge in [-0.25, -0.2) is 8.42 Å². The molecule has 0 spiro atoms. The van der Waals surface area contributed by atoms with Crippen LogP contribution in [-0.2, 0) is 16.6 Å². The molecule has 0 radical (unpaired) electrons. The minimum atomic E-state index is -3.53. The van der Waals surface area contributed by atoms with Crippen LogP contribution in [0.1, 0.15) is 25.3 Å². The van der Waals surface area contributed by atoms with E-state index in [1.807, 2.05) is 6.92 Å². The Balaban J connectivity index is 2.44. The summed E-state index contributed by atoms with van der Waals surface area (Å²) in [5.41, 5.74) is 0.630. The molecule has 106 valence electrons. The van der Waals surface area contributed by atoms with Crippen LogP contribution < -0.4 is 4.74 Å². The van der Waals surface area contributed by atoms with Gasteiger partial charge in [-0.2, -0.15) is 4.31 Å². The number of hydrogen-bond acceptors (Lipinski definition) is 4. The van der Waals surface area contributed by atoms with Crippen molar-refractivity contribution in [3.63, 3.8) is 0 Å². The molecule has 1 N–H and O–H groups in total. The van der Waals surface area contributed by atoms with Crippen LogP contribution in [0, 0.1) is 0 Å². The normalized spacial score (nSPS) is 15.8. The molecule has 5 nitrogen and oxygen atoms in total. The van der Waals surface area contributed by atoms with Crippen molar-refractivity contribution in [1.82, 2.24) is 4.31 Å². The van der Waals surface area contributed by atoms with Crippen LogP contribution in [0.5, 0.6) is 5.75 Å². The fraction of sp³-hybridized carbons (Fsp3) is 0.538. The highest BCUT2D eigenvalue weighted by Gasteiger charge is 2.38. The van der Waals surface area contributed by atoms with E-state index in [-0.39, 0.29) is 23.3 Å². The maximum absolute atomic E-state index is 12.6. The molecule has 0 atom stereocenters. The van der Waals surface area contributed by atoms with Gasteiger partial charge in [0.25, 0.3) is 0 Å². The molecule has 1 aliphatic rings. The van der Waals surface area contributed by atoms with Gasteiger partial charge < -0.3 is 9.84 Å². The van der Waals surface area contributed by atoms with Crippen LogP contribution in [0.4, 0.5) is 0 Å².